The highest BCUT2D eigenvalue weighted by molar-refractivity contribution is 9.10. The maximum atomic E-state index is 12.7. The van der Waals surface area contributed by atoms with Gasteiger partial charge in [-0.25, -0.2) is 4.79 Å². The Morgan fingerprint density at radius 1 is 1.38 bits per heavy atom. The highest BCUT2D eigenvalue weighted by Crippen LogP contribution is 2.43. The summed E-state index contributed by atoms with van der Waals surface area (Å²) in [6.45, 7) is 1.73. The molecule has 1 aliphatic carbocycles. The molecule has 6 nitrogen and oxygen atoms in total. The molecule has 1 aromatic heterocycles. The summed E-state index contributed by atoms with van der Waals surface area (Å²) in [5.41, 5.74) is 0.128. The van der Waals surface area contributed by atoms with E-state index in [2.05, 4.69) is 31.4 Å². The molecule has 3 rings (SSSR count). The molecule has 1 aliphatic rings. The van der Waals surface area contributed by atoms with E-state index in [0.717, 1.165) is 18.5 Å². The number of aromatic amines is 1. The molecule has 1 aromatic carbocycles. The van der Waals surface area contributed by atoms with Crippen molar-refractivity contribution in [3.8, 4) is 0 Å². The fraction of sp³-hybridized carbons (Fsp3) is 0.353. The Morgan fingerprint density at radius 2 is 2.04 bits per heavy atom. The second-order valence-corrected chi connectivity index (χ2v) is 6.75. The van der Waals surface area contributed by atoms with Gasteiger partial charge >= 0.3 is 5.97 Å². The molecule has 1 amide bonds. The van der Waals surface area contributed by atoms with Gasteiger partial charge in [-0.15, -0.1) is 0 Å². The van der Waals surface area contributed by atoms with E-state index in [1.54, 1.807) is 37.3 Å². The summed E-state index contributed by atoms with van der Waals surface area (Å²) >= 11 is 3.41. The Balaban J connectivity index is 1.93. The molecule has 1 saturated carbocycles. The average molecular weight is 392 g/mol. The summed E-state index contributed by atoms with van der Waals surface area (Å²) in [4.78, 5) is 24.7. The zero-order chi connectivity index (χ0) is 17.3. The van der Waals surface area contributed by atoms with Crippen molar-refractivity contribution in [2.75, 3.05) is 0 Å². The molecule has 0 bridgehead atoms. The number of H-pyrrole nitrogens is 1. The normalized spacial score (nSPS) is 16.4. The first-order chi connectivity index (χ1) is 11.5. The van der Waals surface area contributed by atoms with E-state index in [9.17, 15) is 14.7 Å². The number of aliphatic carboxylic acids is 1. The first-order valence-electron chi connectivity index (χ1n) is 7.84. The van der Waals surface area contributed by atoms with E-state index in [1.807, 2.05) is 0 Å². The van der Waals surface area contributed by atoms with E-state index in [1.165, 1.54) is 0 Å². The topological polar surface area (TPSA) is 95.1 Å². The summed E-state index contributed by atoms with van der Waals surface area (Å²) in [6, 6.07) is 8.72. The van der Waals surface area contributed by atoms with Crippen LogP contribution in [0.4, 0.5) is 0 Å². The third kappa shape index (κ3) is 2.84. The molecule has 2 aromatic rings. The third-order valence-electron chi connectivity index (χ3n) is 4.42. The Bertz CT molecular complexity index is 771. The minimum atomic E-state index is -1.49. The number of carboxylic acids is 1. The van der Waals surface area contributed by atoms with Crippen molar-refractivity contribution in [3.63, 3.8) is 0 Å². The van der Waals surface area contributed by atoms with Gasteiger partial charge in [0.2, 0.25) is 0 Å². The average Bonchev–Trinajstić information content (AvgIpc) is 3.35. The van der Waals surface area contributed by atoms with E-state index < -0.39 is 17.4 Å². The van der Waals surface area contributed by atoms with Crippen molar-refractivity contribution in [2.24, 2.45) is 0 Å². The van der Waals surface area contributed by atoms with Crippen molar-refractivity contribution >= 4 is 27.8 Å². The van der Waals surface area contributed by atoms with Crippen LogP contribution in [-0.2, 0) is 10.3 Å². The summed E-state index contributed by atoms with van der Waals surface area (Å²) in [5.74, 6) is -1.21. The van der Waals surface area contributed by atoms with Crippen LogP contribution in [-0.4, -0.2) is 27.2 Å². The van der Waals surface area contributed by atoms with Gasteiger partial charge in [-0.3, -0.25) is 9.89 Å². The van der Waals surface area contributed by atoms with Crippen molar-refractivity contribution in [1.82, 2.24) is 15.5 Å². The zero-order valence-corrected chi connectivity index (χ0v) is 14.8. The first kappa shape index (κ1) is 16.7. The van der Waals surface area contributed by atoms with E-state index in [0.29, 0.717) is 16.0 Å². The Labute approximate surface area is 147 Å². The van der Waals surface area contributed by atoms with Crippen molar-refractivity contribution < 1.29 is 14.7 Å². The van der Waals surface area contributed by atoms with Crippen LogP contribution in [0.5, 0.6) is 0 Å². The summed E-state index contributed by atoms with van der Waals surface area (Å²) in [6.07, 6.45) is 2.36. The van der Waals surface area contributed by atoms with Gasteiger partial charge in [-0.1, -0.05) is 37.3 Å². The minimum Gasteiger partial charge on any atom is -0.479 e. The number of carboxylic acid groups (broad SMARTS) is 1. The van der Waals surface area contributed by atoms with Crippen LogP contribution >= 0.6 is 15.9 Å². The van der Waals surface area contributed by atoms with Gasteiger partial charge in [0, 0.05) is 5.92 Å². The van der Waals surface area contributed by atoms with Crippen LogP contribution in [0.25, 0.3) is 0 Å². The smallest absolute Gasteiger partial charge is 0.334 e. The van der Waals surface area contributed by atoms with Crippen LogP contribution in [0.15, 0.2) is 34.8 Å². The number of hydrogen-bond acceptors (Lipinski definition) is 3. The molecular weight excluding hydrogens is 374 g/mol. The molecule has 126 valence electrons. The summed E-state index contributed by atoms with van der Waals surface area (Å²) in [7, 11) is 0. The number of nitrogens with one attached hydrogen (secondary N) is 2. The van der Waals surface area contributed by atoms with Crippen LogP contribution in [0, 0.1) is 0 Å². The number of benzene rings is 1. The lowest BCUT2D eigenvalue weighted by Crippen LogP contribution is -2.51. The van der Waals surface area contributed by atoms with Gasteiger partial charge in [0.15, 0.2) is 11.2 Å². The van der Waals surface area contributed by atoms with Crippen molar-refractivity contribution in [2.45, 2.75) is 37.6 Å². The zero-order valence-electron chi connectivity index (χ0n) is 13.2. The number of aromatic nitrogens is 2. The fourth-order valence-electron chi connectivity index (χ4n) is 2.80. The number of halogens is 1. The van der Waals surface area contributed by atoms with Crippen LogP contribution in [0.3, 0.4) is 0 Å². The molecule has 1 atom stereocenters. The summed E-state index contributed by atoms with van der Waals surface area (Å²) < 4.78 is 0.617. The van der Waals surface area contributed by atoms with Crippen LogP contribution in [0.1, 0.15) is 53.8 Å². The lowest BCUT2D eigenvalue weighted by molar-refractivity contribution is -0.145. The number of carbonyl (C=O) groups excluding carboxylic acids is 1. The molecule has 0 spiro atoms. The number of rotatable bonds is 6. The van der Waals surface area contributed by atoms with E-state index in [-0.39, 0.29) is 12.1 Å². The lowest BCUT2D eigenvalue weighted by Gasteiger charge is -2.29. The molecule has 0 aliphatic heterocycles. The highest BCUT2D eigenvalue weighted by atomic mass is 79.9. The first-order valence-corrected chi connectivity index (χ1v) is 8.64. The number of carbonyl (C=O) groups is 2. The second-order valence-electron chi connectivity index (χ2n) is 5.96. The van der Waals surface area contributed by atoms with Crippen molar-refractivity contribution in [3.05, 3.63) is 51.8 Å². The van der Waals surface area contributed by atoms with Gasteiger partial charge in [0.25, 0.3) is 5.91 Å². The van der Waals surface area contributed by atoms with Crippen molar-refractivity contribution in [1.29, 1.82) is 0 Å². The molecular formula is C17H18BrN3O3. The summed E-state index contributed by atoms with van der Waals surface area (Å²) in [5, 5.41) is 19.4. The van der Waals surface area contributed by atoms with Gasteiger partial charge in [0.05, 0.1) is 10.2 Å². The molecule has 0 saturated heterocycles. The maximum absolute atomic E-state index is 12.7. The minimum absolute atomic E-state index is 0.187. The number of nitrogens with zero attached hydrogens (tertiary/aromatic N) is 1. The maximum Gasteiger partial charge on any atom is 0.334 e. The monoisotopic (exact) mass is 391 g/mol. The van der Waals surface area contributed by atoms with E-state index in [4.69, 9.17) is 0 Å². The van der Waals surface area contributed by atoms with Gasteiger partial charge in [0.1, 0.15) is 0 Å². The standard InChI is InChI=1S/C17H18BrN3O3/c1-2-17(16(23)24,11-6-4-3-5-7-11)19-15(22)14-12(18)13(20-21-14)10-8-9-10/h3-7,10H,2,8-9H2,1H3,(H,19,22)(H,20,21)(H,23,24). The van der Waals surface area contributed by atoms with Crippen LogP contribution < -0.4 is 5.32 Å². The molecule has 1 fully saturated rings. The Kier molecular flexibility index (Phi) is 4.45. The largest absolute Gasteiger partial charge is 0.479 e. The van der Waals surface area contributed by atoms with Crippen LogP contribution in [0.2, 0.25) is 0 Å². The molecule has 3 N–H and O–H groups in total. The molecule has 7 heteroatoms. The van der Waals surface area contributed by atoms with Gasteiger partial charge in [-0.05, 0) is 40.8 Å². The molecule has 1 heterocycles. The second kappa shape index (κ2) is 6.39. The van der Waals surface area contributed by atoms with Gasteiger partial charge in [-0.2, -0.15) is 5.10 Å². The Morgan fingerprint density at radius 3 is 2.58 bits per heavy atom. The molecule has 0 radical (unpaired) electrons. The molecule has 1 unspecified atom stereocenters. The third-order valence-corrected chi connectivity index (χ3v) is 5.22. The SMILES string of the molecule is CCC(NC(=O)c1n[nH]c(C2CC2)c1Br)(C(=O)O)c1ccccc1. The predicted octanol–water partition coefficient (Wildman–Crippen LogP) is 3.17. The van der Waals surface area contributed by atoms with E-state index >= 15 is 0 Å². The number of hydrogen-bond donors (Lipinski definition) is 3. The fourth-order valence-corrected chi connectivity index (χ4v) is 3.48. The Hall–Kier alpha value is -2.15. The quantitative estimate of drug-likeness (QED) is 0.704. The lowest BCUT2D eigenvalue weighted by atomic mass is 9.87. The highest BCUT2D eigenvalue weighted by Gasteiger charge is 2.41. The van der Waals surface area contributed by atoms with Gasteiger partial charge < -0.3 is 10.4 Å². The predicted molar refractivity (Wildman–Crippen MR) is 91.8 cm³/mol. The molecule has 24 heavy (non-hydrogen) atoms. The number of amides is 1.